The zero-order valence-electron chi connectivity index (χ0n) is 9.79. The van der Waals surface area contributed by atoms with Gasteiger partial charge < -0.3 is 4.74 Å². The second-order valence-corrected chi connectivity index (χ2v) is 5.79. The molecule has 1 atom stereocenters. The van der Waals surface area contributed by atoms with E-state index >= 15 is 0 Å². The van der Waals surface area contributed by atoms with Crippen molar-refractivity contribution < 1.29 is 4.74 Å². The van der Waals surface area contributed by atoms with Gasteiger partial charge in [-0.3, -0.25) is 0 Å². The van der Waals surface area contributed by atoms with Crippen LogP contribution in [0, 0.1) is 5.92 Å². The summed E-state index contributed by atoms with van der Waals surface area (Å²) in [6, 6.07) is 8.43. The Labute approximate surface area is 106 Å². The number of hydrogen-bond acceptors (Lipinski definition) is 1. The summed E-state index contributed by atoms with van der Waals surface area (Å²) in [6.45, 7) is 0. The summed E-state index contributed by atoms with van der Waals surface area (Å²) in [4.78, 5) is 0.642. The van der Waals surface area contributed by atoms with E-state index < -0.39 is 0 Å². The highest BCUT2D eigenvalue weighted by Gasteiger charge is 2.22. The van der Waals surface area contributed by atoms with Crippen LogP contribution in [-0.4, -0.2) is 11.9 Å². The SMILES string of the molecule is COc1ccc(CC(Br)C2CCCC2)cc1. The van der Waals surface area contributed by atoms with E-state index in [0.717, 1.165) is 18.1 Å². The molecule has 16 heavy (non-hydrogen) atoms. The Bertz CT molecular complexity index is 314. The summed E-state index contributed by atoms with van der Waals surface area (Å²) < 4.78 is 5.16. The maximum Gasteiger partial charge on any atom is 0.118 e. The molecule has 1 aliphatic carbocycles. The molecule has 0 heterocycles. The number of methoxy groups -OCH3 is 1. The molecule has 1 fully saturated rings. The summed E-state index contributed by atoms with van der Waals surface area (Å²) in [6.07, 6.45) is 6.75. The number of rotatable bonds is 4. The zero-order chi connectivity index (χ0) is 11.4. The van der Waals surface area contributed by atoms with E-state index in [4.69, 9.17) is 4.74 Å². The van der Waals surface area contributed by atoms with Gasteiger partial charge in [-0.1, -0.05) is 40.9 Å². The van der Waals surface area contributed by atoms with Crippen molar-refractivity contribution >= 4 is 15.9 Å². The van der Waals surface area contributed by atoms with Gasteiger partial charge in [0.25, 0.3) is 0 Å². The number of benzene rings is 1. The molecule has 0 aromatic heterocycles. The van der Waals surface area contributed by atoms with Crippen LogP contribution in [0.1, 0.15) is 31.2 Å². The number of ether oxygens (including phenoxy) is 1. The Morgan fingerprint density at radius 2 is 1.88 bits per heavy atom. The molecule has 1 aromatic carbocycles. The van der Waals surface area contributed by atoms with Crippen LogP contribution < -0.4 is 4.74 Å². The fourth-order valence-electron chi connectivity index (χ4n) is 2.47. The van der Waals surface area contributed by atoms with Gasteiger partial charge in [0, 0.05) is 4.83 Å². The summed E-state index contributed by atoms with van der Waals surface area (Å²) in [7, 11) is 1.71. The molecular formula is C14H19BrO. The largest absolute Gasteiger partial charge is 0.497 e. The summed E-state index contributed by atoms with van der Waals surface area (Å²) in [5, 5.41) is 0. The molecule has 0 aliphatic heterocycles. The van der Waals surface area contributed by atoms with Crippen molar-refractivity contribution in [2.75, 3.05) is 7.11 Å². The minimum absolute atomic E-state index is 0.642. The molecule has 0 saturated heterocycles. The molecule has 1 aromatic rings. The smallest absolute Gasteiger partial charge is 0.118 e. The van der Waals surface area contributed by atoms with E-state index in [0.29, 0.717) is 4.83 Å². The first-order valence-corrected chi connectivity index (χ1v) is 6.98. The number of halogens is 1. The number of hydrogen-bond donors (Lipinski definition) is 0. The average molecular weight is 283 g/mol. The lowest BCUT2D eigenvalue weighted by molar-refractivity contribution is 0.414. The quantitative estimate of drug-likeness (QED) is 0.753. The average Bonchev–Trinajstić information content (AvgIpc) is 2.83. The van der Waals surface area contributed by atoms with Crippen LogP contribution in [0.4, 0.5) is 0 Å². The Morgan fingerprint density at radius 3 is 2.44 bits per heavy atom. The van der Waals surface area contributed by atoms with Crippen molar-refractivity contribution in [3.8, 4) is 5.75 Å². The van der Waals surface area contributed by atoms with E-state index in [1.165, 1.54) is 31.2 Å². The van der Waals surface area contributed by atoms with Gasteiger partial charge in [0.1, 0.15) is 5.75 Å². The maximum atomic E-state index is 5.16. The fraction of sp³-hybridized carbons (Fsp3) is 0.571. The lowest BCUT2D eigenvalue weighted by atomic mass is 9.98. The van der Waals surface area contributed by atoms with Gasteiger partial charge in [0.15, 0.2) is 0 Å². The highest BCUT2D eigenvalue weighted by atomic mass is 79.9. The van der Waals surface area contributed by atoms with Gasteiger partial charge in [-0.2, -0.15) is 0 Å². The second kappa shape index (κ2) is 5.72. The van der Waals surface area contributed by atoms with Gasteiger partial charge >= 0.3 is 0 Å². The van der Waals surface area contributed by atoms with Crippen LogP contribution in [0.3, 0.4) is 0 Å². The highest BCUT2D eigenvalue weighted by Crippen LogP contribution is 2.33. The standard InChI is InChI=1S/C14H19BrO/c1-16-13-8-6-11(7-9-13)10-14(15)12-4-2-3-5-12/h6-9,12,14H,2-5,10H2,1H3. The van der Waals surface area contributed by atoms with Crippen LogP contribution in [0.5, 0.6) is 5.75 Å². The third kappa shape index (κ3) is 3.00. The normalized spacial score (nSPS) is 18.6. The molecular weight excluding hydrogens is 264 g/mol. The first kappa shape index (κ1) is 12.0. The van der Waals surface area contributed by atoms with E-state index in [1.54, 1.807) is 7.11 Å². The van der Waals surface area contributed by atoms with Gasteiger partial charge in [-0.25, -0.2) is 0 Å². The molecule has 1 nitrogen and oxygen atoms in total. The lowest BCUT2D eigenvalue weighted by Crippen LogP contribution is -2.13. The summed E-state index contributed by atoms with van der Waals surface area (Å²) in [5.74, 6) is 1.82. The molecule has 1 unspecified atom stereocenters. The maximum absolute atomic E-state index is 5.16. The van der Waals surface area contributed by atoms with Crippen molar-refractivity contribution in [1.82, 2.24) is 0 Å². The monoisotopic (exact) mass is 282 g/mol. The first-order valence-electron chi connectivity index (χ1n) is 6.06. The van der Waals surface area contributed by atoms with Crippen molar-refractivity contribution in [2.24, 2.45) is 5.92 Å². The molecule has 0 amide bonds. The minimum Gasteiger partial charge on any atom is -0.497 e. The summed E-state index contributed by atoms with van der Waals surface area (Å²) in [5.41, 5.74) is 1.40. The van der Waals surface area contributed by atoms with Crippen LogP contribution in [0.2, 0.25) is 0 Å². The molecule has 0 N–H and O–H groups in total. The molecule has 2 rings (SSSR count). The molecule has 1 aliphatic rings. The van der Waals surface area contributed by atoms with Crippen molar-refractivity contribution in [3.05, 3.63) is 29.8 Å². The molecule has 0 bridgehead atoms. The van der Waals surface area contributed by atoms with Crippen LogP contribution in [0.25, 0.3) is 0 Å². The second-order valence-electron chi connectivity index (χ2n) is 4.61. The van der Waals surface area contributed by atoms with Crippen molar-refractivity contribution in [1.29, 1.82) is 0 Å². The lowest BCUT2D eigenvalue weighted by Gasteiger charge is -2.17. The Kier molecular flexibility index (Phi) is 4.28. The van der Waals surface area contributed by atoms with E-state index in [-0.39, 0.29) is 0 Å². The van der Waals surface area contributed by atoms with Gasteiger partial charge in [0.05, 0.1) is 7.11 Å². The summed E-state index contributed by atoms with van der Waals surface area (Å²) >= 11 is 3.85. The van der Waals surface area contributed by atoms with Gasteiger partial charge in [0.2, 0.25) is 0 Å². The third-order valence-electron chi connectivity index (χ3n) is 3.50. The molecule has 2 heteroatoms. The van der Waals surface area contributed by atoms with Crippen molar-refractivity contribution in [2.45, 2.75) is 36.9 Å². The highest BCUT2D eigenvalue weighted by molar-refractivity contribution is 9.09. The minimum atomic E-state index is 0.642. The van der Waals surface area contributed by atoms with E-state index in [9.17, 15) is 0 Å². The molecule has 0 radical (unpaired) electrons. The van der Waals surface area contributed by atoms with Crippen LogP contribution in [0.15, 0.2) is 24.3 Å². The zero-order valence-corrected chi connectivity index (χ0v) is 11.4. The Balaban J connectivity index is 1.92. The predicted octanol–water partition coefficient (Wildman–Crippen LogP) is 4.19. The molecule has 88 valence electrons. The molecule has 1 saturated carbocycles. The van der Waals surface area contributed by atoms with Crippen LogP contribution in [-0.2, 0) is 6.42 Å². The van der Waals surface area contributed by atoms with Crippen molar-refractivity contribution in [3.63, 3.8) is 0 Å². The number of alkyl halides is 1. The molecule has 0 spiro atoms. The van der Waals surface area contributed by atoms with Gasteiger partial charge in [-0.15, -0.1) is 0 Å². The Morgan fingerprint density at radius 1 is 1.25 bits per heavy atom. The van der Waals surface area contributed by atoms with E-state index in [1.807, 2.05) is 12.1 Å². The third-order valence-corrected chi connectivity index (χ3v) is 4.57. The Hall–Kier alpha value is -0.500. The topological polar surface area (TPSA) is 9.23 Å². The van der Waals surface area contributed by atoms with Crippen LogP contribution >= 0.6 is 15.9 Å². The fourth-order valence-corrected chi connectivity index (χ4v) is 3.38. The first-order chi connectivity index (χ1) is 7.79. The van der Waals surface area contributed by atoms with Gasteiger partial charge in [-0.05, 0) is 42.9 Å². The predicted molar refractivity (Wildman–Crippen MR) is 71.4 cm³/mol. The van der Waals surface area contributed by atoms with E-state index in [2.05, 4.69) is 28.1 Å².